The molecule has 1 amide bonds. The first kappa shape index (κ1) is 12.8. The van der Waals surface area contributed by atoms with Gasteiger partial charge in [0.15, 0.2) is 0 Å². The number of pyridine rings is 1. The monoisotopic (exact) mass is 261 g/mol. The van der Waals surface area contributed by atoms with Gasteiger partial charge in [-0.15, -0.1) is 0 Å². The Labute approximate surface area is 109 Å². The molecule has 0 saturated heterocycles. The lowest BCUT2D eigenvalue weighted by molar-refractivity contribution is 0.102. The van der Waals surface area contributed by atoms with Crippen LogP contribution in [0.3, 0.4) is 0 Å². The van der Waals surface area contributed by atoms with Crippen molar-refractivity contribution in [3.05, 3.63) is 47.9 Å². The summed E-state index contributed by atoms with van der Waals surface area (Å²) in [7, 11) is 1.50. The number of aromatic nitrogens is 1. The van der Waals surface area contributed by atoms with Gasteiger partial charge in [-0.1, -0.05) is 0 Å². The topological polar surface area (TPSA) is 77.2 Å². The maximum atomic E-state index is 13.0. The van der Waals surface area contributed by atoms with Gasteiger partial charge >= 0.3 is 0 Å². The minimum absolute atomic E-state index is 0.0690. The summed E-state index contributed by atoms with van der Waals surface area (Å²) in [6.07, 6.45) is 1.46. The third-order valence-electron chi connectivity index (χ3n) is 2.46. The van der Waals surface area contributed by atoms with Crippen LogP contribution < -0.4 is 15.8 Å². The third-order valence-corrected chi connectivity index (χ3v) is 2.46. The number of nitrogens with two attached hydrogens (primary N) is 1. The van der Waals surface area contributed by atoms with Crippen LogP contribution in [0.4, 0.5) is 15.8 Å². The molecule has 6 heteroatoms. The van der Waals surface area contributed by atoms with Crippen LogP contribution in [-0.4, -0.2) is 18.0 Å². The van der Waals surface area contributed by atoms with Crippen LogP contribution in [0.15, 0.2) is 36.5 Å². The van der Waals surface area contributed by atoms with Crippen LogP contribution >= 0.6 is 0 Å². The molecule has 0 radical (unpaired) electrons. The highest BCUT2D eigenvalue weighted by atomic mass is 19.1. The number of carbonyl (C=O) groups excluding carboxylic acids is 1. The second-order valence-corrected chi connectivity index (χ2v) is 3.78. The number of hydrogen-bond donors (Lipinski definition) is 2. The smallest absolute Gasteiger partial charge is 0.255 e. The van der Waals surface area contributed by atoms with E-state index in [2.05, 4.69) is 10.3 Å². The number of benzene rings is 1. The van der Waals surface area contributed by atoms with Crippen molar-refractivity contribution < 1.29 is 13.9 Å². The Morgan fingerprint density at radius 3 is 2.74 bits per heavy atom. The van der Waals surface area contributed by atoms with Gasteiger partial charge in [-0.3, -0.25) is 4.79 Å². The van der Waals surface area contributed by atoms with Crippen molar-refractivity contribution in [2.75, 3.05) is 18.2 Å². The molecule has 2 rings (SSSR count). The predicted molar refractivity (Wildman–Crippen MR) is 69.6 cm³/mol. The summed E-state index contributed by atoms with van der Waals surface area (Å²) in [4.78, 5) is 15.8. The first-order chi connectivity index (χ1) is 9.10. The first-order valence-corrected chi connectivity index (χ1v) is 5.46. The summed E-state index contributed by atoms with van der Waals surface area (Å²) in [5.74, 6) is -0.495. The standard InChI is InChI=1S/C13H12FN3O2/c1-19-12-5-3-9(7-16-12)17-13(18)8-2-4-10(14)11(15)6-8/h2-7H,15H2,1H3,(H,17,18). The van der Waals surface area contributed by atoms with Crippen molar-refractivity contribution in [1.29, 1.82) is 0 Å². The Balaban J connectivity index is 2.13. The van der Waals surface area contributed by atoms with E-state index in [1.54, 1.807) is 12.1 Å². The second kappa shape index (κ2) is 5.34. The predicted octanol–water partition coefficient (Wildman–Crippen LogP) is 2.06. The molecule has 1 aromatic carbocycles. The van der Waals surface area contributed by atoms with E-state index < -0.39 is 11.7 Å². The fourth-order valence-corrected chi connectivity index (χ4v) is 1.46. The summed E-state index contributed by atoms with van der Waals surface area (Å²) < 4.78 is 17.9. The van der Waals surface area contributed by atoms with Gasteiger partial charge in [0.1, 0.15) is 5.82 Å². The molecular formula is C13H12FN3O2. The number of methoxy groups -OCH3 is 1. The molecule has 0 saturated carbocycles. The SMILES string of the molecule is COc1ccc(NC(=O)c2ccc(F)c(N)c2)cn1. The number of anilines is 2. The average molecular weight is 261 g/mol. The van der Waals surface area contributed by atoms with Gasteiger partial charge in [0.05, 0.1) is 24.7 Å². The summed E-state index contributed by atoms with van der Waals surface area (Å²) in [5, 5.41) is 2.62. The zero-order valence-electron chi connectivity index (χ0n) is 10.2. The average Bonchev–Trinajstić information content (AvgIpc) is 2.42. The highest BCUT2D eigenvalue weighted by Gasteiger charge is 2.08. The number of halogens is 1. The minimum Gasteiger partial charge on any atom is -0.481 e. The van der Waals surface area contributed by atoms with Gasteiger partial charge in [-0.25, -0.2) is 9.37 Å². The Morgan fingerprint density at radius 2 is 2.16 bits per heavy atom. The lowest BCUT2D eigenvalue weighted by Gasteiger charge is -2.06. The third kappa shape index (κ3) is 2.98. The number of ether oxygens (including phenoxy) is 1. The van der Waals surface area contributed by atoms with Crippen LogP contribution in [0.5, 0.6) is 5.88 Å². The lowest BCUT2D eigenvalue weighted by Crippen LogP contribution is -2.12. The second-order valence-electron chi connectivity index (χ2n) is 3.78. The van der Waals surface area contributed by atoms with Crippen molar-refractivity contribution in [3.8, 4) is 5.88 Å². The lowest BCUT2D eigenvalue weighted by atomic mass is 10.2. The minimum atomic E-state index is -0.553. The van der Waals surface area contributed by atoms with E-state index in [0.717, 1.165) is 6.07 Å². The number of nitrogens with zero attached hydrogens (tertiary/aromatic N) is 1. The molecule has 19 heavy (non-hydrogen) atoms. The van der Waals surface area contributed by atoms with Gasteiger partial charge in [-0.2, -0.15) is 0 Å². The van der Waals surface area contributed by atoms with Crippen molar-refractivity contribution >= 4 is 17.3 Å². The van der Waals surface area contributed by atoms with E-state index in [4.69, 9.17) is 10.5 Å². The summed E-state index contributed by atoms with van der Waals surface area (Å²) in [5.41, 5.74) is 6.12. The zero-order valence-corrected chi connectivity index (χ0v) is 10.2. The number of nitrogens with one attached hydrogen (secondary N) is 1. The fraction of sp³-hybridized carbons (Fsp3) is 0.0769. The molecule has 0 aliphatic rings. The summed E-state index contributed by atoms with van der Waals surface area (Å²) in [6, 6.07) is 7.06. The van der Waals surface area contributed by atoms with Crippen molar-refractivity contribution in [3.63, 3.8) is 0 Å². The molecule has 98 valence electrons. The number of amides is 1. The molecule has 0 bridgehead atoms. The molecule has 1 aromatic heterocycles. The molecular weight excluding hydrogens is 249 g/mol. The van der Waals surface area contributed by atoms with E-state index in [-0.39, 0.29) is 11.3 Å². The van der Waals surface area contributed by atoms with E-state index in [1.807, 2.05) is 0 Å². The van der Waals surface area contributed by atoms with Crippen LogP contribution in [0.25, 0.3) is 0 Å². The molecule has 5 nitrogen and oxygen atoms in total. The molecule has 0 atom stereocenters. The number of rotatable bonds is 3. The molecule has 0 aliphatic heterocycles. The molecule has 2 aromatic rings. The van der Waals surface area contributed by atoms with Gasteiger partial charge in [0.2, 0.25) is 5.88 Å². The number of hydrogen-bond acceptors (Lipinski definition) is 4. The number of nitrogen functional groups attached to an aromatic ring is 1. The molecule has 0 spiro atoms. The van der Waals surface area contributed by atoms with E-state index in [9.17, 15) is 9.18 Å². The Hall–Kier alpha value is -2.63. The van der Waals surface area contributed by atoms with Crippen LogP contribution in [0, 0.1) is 5.82 Å². The van der Waals surface area contributed by atoms with Gasteiger partial charge in [0.25, 0.3) is 5.91 Å². The molecule has 0 unspecified atom stereocenters. The molecule has 3 N–H and O–H groups in total. The normalized spacial score (nSPS) is 10.0. The fourth-order valence-electron chi connectivity index (χ4n) is 1.46. The molecule has 0 aliphatic carbocycles. The van der Waals surface area contributed by atoms with E-state index in [1.165, 1.54) is 25.4 Å². The van der Waals surface area contributed by atoms with Crippen molar-refractivity contribution in [2.45, 2.75) is 0 Å². The first-order valence-electron chi connectivity index (χ1n) is 5.46. The Kier molecular flexibility index (Phi) is 3.61. The summed E-state index contributed by atoms with van der Waals surface area (Å²) in [6.45, 7) is 0. The number of carbonyl (C=O) groups is 1. The zero-order chi connectivity index (χ0) is 13.8. The quantitative estimate of drug-likeness (QED) is 0.829. The highest BCUT2D eigenvalue weighted by molar-refractivity contribution is 6.04. The van der Waals surface area contributed by atoms with E-state index >= 15 is 0 Å². The van der Waals surface area contributed by atoms with Crippen LogP contribution in [0.1, 0.15) is 10.4 Å². The van der Waals surface area contributed by atoms with Gasteiger partial charge in [0, 0.05) is 11.6 Å². The Morgan fingerprint density at radius 1 is 1.37 bits per heavy atom. The van der Waals surface area contributed by atoms with E-state index in [0.29, 0.717) is 11.6 Å². The highest BCUT2D eigenvalue weighted by Crippen LogP contribution is 2.15. The summed E-state index contributed by atoms with van der Waals surface area (Å²) >= 11 is 0. The van der Waals surface area contributed by atoms with Crippen LogP contribution in [-0.2, 0) is 0 Å². The van der Waals surface area contributed by atoms with Gasteiger partial charge in [-0.05, 0) is 24.3 Å². The maximum Gasteiger partial charge on any atom is 0.255 e. The maximum absolute atomic E-state index is 13.0. The largest absolute Gasteiger partial charge is 0.481 e. The van der Waals surface area contributed by atoms with Gasteiger partial charge < -0.3 is 15.8 Å². The van der Waals surface area contributed by atoms with Crippen LogP contribution in [0.2, 0.25) is 0 Å². The van der Waals surface area contributed by atoms with Crippen molar-refractivity contribution in [2.24, 2.45) is 0 Å². The van der Waals surface area contributed by atoms with Crippen molar-refractivity contribution in [1.82, 2.24) is 4.98 Å². The Bertz CT molecular complexity index is 599. The molecule has 0 fully saturated rings. The molecule has 1 heterocycles.